The lowest BCUT2D eigenvalue weighted by molar-refractivity contribution is -0.140. The van der Waals surface area contributed by atoms with Gasteiger partial charge in [0.1, 0.15) is 5.82 Å². The maximum atomic E-state index is 13.6. The van der Waals surface area contributed by atoms with Crippen molar-refractivity contribution in [3.05, 3.63) is 70.3 Å². The van der Waals surface area contributed by atoms with Crippen LogP contribution in [-0.4, -0.2) is 22.6 Å². The molecule has 30 heavy (non-hydrogen) atoms. The molecule has 0 fully saturated rings. The number of aryl methyl sites for hydroxylation is 1. The van der Waals surface area contributed by atoms with Crippen LogP contribution in [0, 0.1) is 0 Å². The van der Waals surface area contributed by atoms with Gasteiger partial charge in [0.15, 0.2) is 0 Å². The van der Waals surface area contributed by atoms with Crippen molar-refractivity contribution in [2.24, 2.45) is 5.73 Å². The molecule has 3 aromatic rings. The molecule has 0 aliphatic heterocycles. The first kappa shape index (κ1) is 21.7. The topological polar surface area (TPSA) is 87.2 Å². The van der Waals surface area contributed by atoms with Gasteiger partial charge in [0, 0.05) is 6.42 Å². The minimum Gasteiger partial charge on any atom is -0.469 e. The van der Waals surface area contributed by atoms with E-state index in [9.17, 15) is 9.59 Å². The van der Waals surface area contributed by atoms with Crippen molar-refractivity contribution in [3.8, 4) is 5.69 Å². The lowest BCUT2D eigenvalue weighted by Crippen LogP contribution is -2.28. The molecule has 0 aliphatic carbocycles. The Hall–Kier alpha value is -2.99. The minimum absolute atomic E-state index is 0.0877. The number of unbranched alkanes of at least 4 members (excludes halogenated alkanes) is 2. The molecule has 158 valence electrons. The first-order chi connectivity index (χ1) is 14.6. The van der Waals surface area contributed by atoms with Crippen molar-refractivity contribution in [1.82, 2.24) is 9.55 Å². The van der Waals surface area contributed by atoms with Gasteiger partial charge in [-0.15, -0.1) is 0 Å². The van der Waals surface area contributed by atoms with Crippen molar-refractivity contribution in [3.63, 3.8) is 0 Å². The number of para-hydroxylation sites is 1. The fourth-order valence-corrected chi connectivity index (χ4v) is 3.65. The van der Waals surface area contributed by atoms with Crippen LogP contribution in [0.5, 0.6) is 0 Å². The average molecular weight is 408 g/mol. The van der Waals surface area contributed by atoms with E-state index in [-0.39, 0.29) is 17.6 Å². The second-order valence-corrected chi connectivity index (χ2v) is 7.41. The van der Waals surface area contributed by atoms with Crippen LogP contribution >= 0.6 is 0 Å². The van der Waals surface area contributed by atoms with E-state index < -0.39 is 0 Å². The van der Waals surface area contributed by atoms with Gasteiger partial charge in [-0.05, 0) is 49.4 Å². The number of ether oxygens (including phenoxy) is 1. The smallest absolute Gasteiger partial charge is 0.305 e. The van der Waals surface area contributed by atoms with E-state index in [0.29, 0.717) is 29.6 Å². The van der Waals surface area contributed by atoms with E-state index in [1.54, 1.807) is 4.57 Å². The van der Waals surface area contributed by atoms with Crippen LogP contribution in [0.3, 0.4) is 0 Å². The number of nitrogens with zero attached hydrogens (tertiary/aromatic N) is 2. The zero-order valence-electron chi connectivity index (χ0n) is 17.6. The summed E-state index contributed by atoms with van der Waals surface area (Å²) in [5.41, 5.74) is 8.65. The Balaban J connectivity index is 1.99. The van der Waals surface area contributed by atoms with E-state index in [1.165, 1.54) is 7.11 Å². The molecule has 2 aromatic carbocycles. The van der Waals surface area contributed by atoms with Gasteiger partial charge in [-0.1, -0.05) is 43.7 Å². The minimum atomic E-state index is -0.329. The summed E-state index contributed by atoms with van der Waals surface area (Å²) in [6, 6.07) is 15.0. The van der Waals surface area contributed by atoms with Gasteiger partial charge >= 0.3 is 5.97 Å². The van der Waals surface area contributed by atoms with Crippen LogP contribution in [0.25, 0.3) is 16.6 Å². The molecule has 6 heteroatoms. The largest absolute Gasteiger partial charge is 0.469 e. The molecule has 0 aliphatic rings. The lowest BCUT2D eigenvalue weighted by atomic mass is 10.0. The first-order valence-corrected chi connectivity index (χ1v) is 10.5. The molecule has 0 unspecified atom stereocenters. The van der Waals surface area contributed by atoms with Crippen molar-refractivity contribution in [2.75, 3.05) is 7.11 Å². The Kier molecular flexibility index (Phi) is 7.36. The number of hydrogen-bond donors (Lipinski definition) is 1. The van der Waals surface area contributed by atoms with E-state index in [1.807, 2.05) is 55.5 Å². The zero-order chi connectivity index (χ0) is 21.5. The number of hydrogen-bond acceptors (Lipinski definition) is 5. The number of carbonyl (C=O) groups excluding carboxylic acids is 1. The third-order valence-corrected chi connectivity index (χ3v) is 5.35. The third-order valence-electron chi connectivity index (χ3n) is 5.35. The standard InChI is InChI=1S/C24H29N3O3/c1-3-19(25)23-26-20-15-10-12-17(11-6-4-9-16-21(28)30-2)22(20)24(29)27(23)18-13-7-5-8-14-18/h5,7-8,10,12-15,19H,3-4,6,9,11,16,25H2,1-2H3/t19-/m0/s1. The van der Waals surface area contributed by atoms with Crippen LogP contribution in [0.2, 0.25) is 0 Å². The summed E-state index contributed by atoms with van der Waals surface area (Å²) in [6.07, 6.45) is 4.42. The van der Waals surface area contributed by atoms with Gasteiger partial charge in [-0.2, -0.15) is 0 Å². The lowest BCUT2D eigenvalue weighted by Gasteiger charge is -2.18. The fourth-order valence-electron chi connectivity index (χ4n) is 3.65. The number of fused-ring (bicyclic) bond motifs is 1. The molecule has 0 bridgehead atoms. The van der Waals surface area contributed by atoms with Gasteiger partial charge in [-0.3, -0.25) is 14.2 Å². The fraction of sp³-hybridized carbons (Fsp3) is 0.375. The number of carbonyl (C=O) groups is 1. The monoisotopic (exact) mass is 407 g/mol. The predicted molar refractivity (Wildman–Crippen MR) is 119 cm³/mol. The molecule has 1 atom stereocenters. The molecule has 6 nitrogen and oxygen atoms in total. The van der Waals surface area contributed by atoms with Crippen molar-refractivity contribution < 1.29 is 9.53 Å². The first-order valence-electron chi connectivity index (χ1n) is 10.5. The van der Waals surface area contributed by atoms with E-state index in [0.717, 1.165) is 36.9 Å². The molecular formula is C24H29N3O3. The Bertz CT molecular complexity index is 1060. The Labute approximate surface area is 176 Å². The average Bonchev–Trinajstić information content (AvgIpc) is 2.78. The predicted octanol–water partition coefficient (Wildman–Crippen LogP) is 4.07. The van der Waals surface area contributed by atoms with Gasteiger partial charge in [0.05, 0.1) is 29.7 Å². The molecule has 0 saturated carbocycles. The number of rotatable bonds is 9. The van der Waals surface area contributed by atoms with Crippen LogP contribution in [0.4, 0.5) is 0 Å². The van der Waals surface area contributed by atoms with Crippen molar-refractivity contribution in [1.29, 1.82) is 0 Å². The van der Waals surface area contributed by atoms with Crippen LogP contribution in [0.1, 0.15) is 56.5 Å². The Morgan fingerprint density at radius 3 is 2.57 bits per heavy atom. The van der Waals surface area contributed by atoms with Crippen molar-refractivity contribution >= 4 is 16.9 Å². The molecule has 0 amide bonds. The number of methoxy groups -OCH3 is 1. The highest BCUT2D eigenvalue weighted by Gasteiger charge is 2.18. The summed E-state index contributed by atoms with van der Waals surface area (Å²) in [4.78, 5) is 29.7. The van der Waals surface area contributed by atoms with Gasteiger partial charge in [0.25, 0.3) is 5.56 Å². The molecule has 3 rings (SSSR count). The van der Waals surface area contributed by atoms with Crippen LogP contribution in [-0.2, 0) is 16.0 Å². The zero-order valence-corrected chi connectivity index (χ0v) is 17.6. The van der Waals surface area contributed by atoms with E-state index in [2.05, 4.69) is 4.74 Å². The number of esters is 1. The molecular weight excluding hydrogens is 378 g/mol. The maximum absolute atomic E-state index is 13.6. The van der Waals surface area contributed by atoms with E-state index in [4.69, 9.17) is 10.7 Å². The van der Waals surface area contributed by atoms with Crippen LogP contribution < -0.4 is 11.3 Å². The van der Waals surface area contributed by atoms with Crippen LogP contribution in [0.15, 0.2) is 53.3 Å². The van der Waals surface area contributed by atoms with E-state index >= 15 is 0 Å². The summed E-state index contributed by atoms with van der Waals surface area (Å²) in [5.74, 6) is 0.395. The molecule has 1 heterocycles. The summed E-state index contributed by atoms with van der Waals surface area (Å²) in [5, 5.41) is 0.640. The summed E-state index contributed by atoms with van der Waals surface area (Å²) < 4.78 is 6.33. The Morgan fingerprint density at radius 1 is 1.10 bits per heavy atom. The molecule has 0 saturated heterocycles. The molecule has 0 spiro atoms. The second-order valence-electron chi connectivity index (χ2n) is 7.41. The molecule has 2 N–H and O–H groups in total. The van der Waals surface area contributed by atoms with Crippen molar-refractivity contribution in [2.45, 2.75) is 51.5 Å². The van der Waals surface area contributed by atoms with Gasteiger partial charge in [0.2, 0.25) is 0 Å². The normalized spacial score (nSPS) is 12.1. The second kappa shape index (κ2) is 10.2. The SMILES string of the molecule is CC[C@H](N)c1nc2cccc(CCCCCC(=O)OC)c2c(=O)n1-c1ccccc1. The summed E-state index contributed by atoms with van der Waals surface area (Å²) in [7, 11) is 1.40. The highest BCUT2D eigenvalue weighted by atomic mass is 16.5. The molecule has 1 aromatic heterocycles. The van der Waals surface area contributed by atoms with Gasteiger partial charge < -0.3 is 10.5 Å². The highest BCUT2D eigenvalue weighted by Crippen LogP contribution is 2.22. The quantitative estimate of drug-likeness (QED) is 0.427. The third kappa shape index (κ3) is 4.76. The summed E-state index contributed by atoms with van der Waals surface area (Å²) in [6.45, 7) is 1.99. The number of aromatic nitrogens is 2. The summed E-state index contributed by atoms with van der Waals surface area (Å²) >= 11 is 0. The highest BCUT2D eigenvalue weighted by molar-refractivity contribution is 5.82. The number of nitrogens with two attached hydrogens (primary N) is 1. The maximum Gasteiger partial charge on any atom is 0.305 e. The number of benzene rings is 2. The molecule has 0 radical (unpaired) electrons. The Morgan fingerprint density at radius 2 is 1.87 bits per heavy atom. The van der Waals surface area contributed by atoms with Gasteiger partial charge in [-0.25, -0.2) is 4.98 Å².